The van der Waals surface area contributed by atoms with E-state index in [4.69, 9.17) is 0 Å². The van der Waals surface area contributed by atoms with E-state index in [2.05, 4.69) is 16.3 Å². The van der Waals surface area contributed by atoms with Gasteiger partial charge in [-0.15, -0.1) is 0 Å². The summed E-state index contributed by atoms with van der Waals surface area (Å²) >= 11 is 0. The number of carbonyl (C=O) groups is 1. The fourth-order valence-corrected chi connectivity index (χ4v) is 5.44. The molecule has 2 aromatic rings. The van der Waals surface area contributed by atoms with E-state index in [1.807, 2.05) is 19.9 Å². The van der Waals surface area contributed by atoms with Gasteiger partial charge in [-0.25, -0.2) is 8.78 Å². The van der Waals surface area contributed by atoms with Gasteiger partial charge in [0.1, 0.15) is 11.5 Å². The molecule has 38 heavy (non-hydrogen) atoms. The second-order valence-electron chi connectivity index (χ2n) is 10.7. The summed E-state index contributed by atoms with van der Waals surface area (Å²) < 4.78 is 29.7. The Kier molecular flexibility index (Phi) is 9.01. The van der Waals surface area contributed by atoms with E-state index in [9.17, 15) is 23.9 Å². The standard InChI is InChI=1S/C30H38F2N4O2/c1-3-30(32,4-2)20-35-12-9-21(10-13-35)18-34-24-6-8-26(23(15-24)17-33)22-5-7-27(28(31)16-22)29(38)36-14-11-25(37)19-36/h5-8,15-16,21,25,34,37H,3-4,9-14,18-20H2,1-2H3. The van der Waals surface area contributed by atoms with Crippen molar-refractivity contribution < 1.29 is 18.7 Å². The molecule has 2 aliphatic rings. The number of likely N-dealkylation sites (tertiary alicyclic amines) is 2. The Hall–Kier alpha value is -3.02. The van der Waals surface area contributed by atoms with E-state index in [0.29, 0.717) is 55.0 Å². The third-order valence-corrected chi connectivity index (χ3v) is 8.18. The molecular weight excluding hydrogens is 486 g/mol. The Balaban J connectivity index is 1.36. The van der Waals surface area contributed by atoms with Crippen LogP contribution in [0.4, 0.5) is 14.5 Å². The van der Waals surface area contributed by atoms with Crippen molar-refractivity contribution in [3.63, 3.8) is 0 Å². The smallest absolute Gasteiger partial charge is 0.256 e. The minimum absolute atomic E-state index is 0.0349. The molecule has 204 valence electrons. The Morgan fingerprint density at radius 3 is 2.47 bits per heavy atom. The first-order chi connectivity index (χ1) is 18.2. The van der Waals surface area contributed by atoms with Gasteiger partial charge in [0.25, 0.3) is 5.91 Å². The maximum Gasteiger partial charge on any atom is 0.256 e. The highest BCUT2D eigenvalue weighted by molar-refractivity contribution is 5.95. The number of aliphatic hydroxyl groups excluding tert-OH is 1. The summed E-state index contributed by atoms with van der Waals surface area (Å²) in [5.41, 5.74) is 1.24. The largest absolute Gasteiger partial charge is 0.391 e. The molecule has 2 aromatic carbocycles. The molecule has 2 heterocycles. The molecule has 0 bridgehead atoms. The highest BCUT2D eigenvalue weighted by Crippen LogP contribution is 2.30. The third kappa shape index (κ3) is 6.51. The van der Waals surface area contributed by atoms with Gasteiger partial charge in [-0.05, 0) is 86.5 Å². The number of amides is 1. The Morgan fingerprint density at radius 2 is 1.87 bits per heavy atom. The van der Waals surface area contributed by atoms with Crippen LogP contribution in [0.25, 0.3) is 11.1 Å². The Labute approximate surface area is 224 Å². The lowest BCUT2D eigenvalue weighted by molar-refractivity contribution is 0.0650. The van der Waals surface area contributed by atoms with E-state index in [1.54, 1.807) is 18.2 Å². The van der Waals surface area contributed by atoms with Gasteiger partial charge >= 0.3 is 0 Å². The van der Waals surface area contributed by atoms with Crippen LogP contribution in [0.15, 0.2) is 36.4 Å². The first-order valence-corrected chi connectivity index (χ1v) is 13.7. The van der Waals surface area contributed by atoms with Crippen molar-refractivity contribution in [2.75, 3.05) is 44.6 Å². The summed E-state index contributed by atoms with van der Waals surface area (Å²) in [6.45, 7) is 7.50. The number of nitrogens with one attached hydrogen (secondary N) is 1. The summed E-state index contributed by atoms with van der Waals surface area (Å²) in [6, 6.07) is 12.1. The molecule has 0 aliphatic carbocycles. The van der Waals surface area contributed by atoms with Gasteiger partial charge < -0.3 is 20.2 Å². The summed E-state index contributed by atoms with van der Waals surface area (Å²) in [5.74, 6) is -0.602. The number of hydrogen-bond donors (Lipinski definition) is 2. The summed E-state index contributed by atoms with van der Waals surface area (Å²) in [7, 11) is 0. The van der Waals surface area contributed by atoms with Gasteiger partial charge in [0, 0.05) is 31.9 Å². The van der Waals surface area contributed by atoms with Gasteiger partial charge in [0.05, 0.1) is 23.3 Å². The maximum absolute atomic E-state index is 14.9. The van der Waals surface area contributed by atoms with Crippen LogP contribution in [0.5, 0.6) is 0 Å². The summed E-state index contributed by atoms with van der Waals surface area (Å²) in [5, 5.41) is 22.9. The first-order valence-electron chi connectivity index (χ1n) is 13.7. The van der Waals surface area contributed by atoms with Crippen molar-refractivity contribution in [2.45, 2.75) is 57.7 Å². The topological polar surface area (TPSA) is 79.6 Å². The zero-order chi connectivity index (χ0) is 27.3. The number of piperidine rings is 1. The number of β-amino-alcohol motifs (C(OH)–C–C–N with tert-alkyl or cyclic N) is 1. The molecule has 4 rings (SSSR count). The van der Waals surface area contributed by atoms with Crippen LogP contribution < -0.4 is 5.32 Å². The molecule has 2 saturated heterocycles. The van der Waals surface area contributed by atoms with Crippen molar-refractivity contribution in [3.05, 3.63) is 53.3 Å². The third-order valence-electron chi connectivity index (χ3n) is 8.18. The highest BCUT2D eigenvalue weighted by atomic mass is 19.1. The molecule has 1 atom stereocenters. The number of rotatable bonds is 9. The molecule has 2 fully saturated rings. The monoisotopic (exact) mass is 524 g/mol. The van der Waals surface area contributed by atoms with Gasteiger partial charge in [0.15, 0.2) is 0 Å². The van der Waals surface area contributed by atoms with Crippen LogP contribution in [0.3, 0.4) is 0 Å². The minimum atomic E-state index is -1.10. The predicted octanol–water partition coefficient (Wildman–Crippen LogP) is 5.22. The van der Waals surface area contributed by atoms with Crippen molar-refractivity contribution in [3.8, 4) is 17.2 Å². The number of carbonyl (C=O) groups excluding carboxylic acids is 1. The van der Waals surface area contributed by atoms with Crippen LogP contribution in [0.1, 0.15) is 61.9 Å². The van der Waals surface area contributed by atoms with Gasteiger partial charge in [0.2, 0.25) is 0 Å². The fourth-order valence-electron chi connectivity index (χ4n) is 5.44. The SMILES string of the molecule is CCC(F)(CC)CN1CCC(CNc2ccc(-c3ccc(C(=O)N4CCC(O)C4)c(F)c3)c(C#N)c2)CC1. The quantitative estimate of drug-likeness (QED) is 0.470. The molecule has 6 nitrogen and oxygen atoms in total. The molecule has 0 aromatic heterocycles. The molecule has 0 saturated carbocycles. The van der Waals surface area contributed by atoms with E-state index in [0.717, 1.165) is 38.2 Å². The maximum atomic E-state index is 14.9. The molecular formula is C30H38F2N4O2. The van der Waals surface area contributed by atoms with E-state index in [1.165, 1.54) is 17.0 Å². The number of nitrogens with zero attached hydrogens (tertiary/aromatic N) is 3. The number of nitriles is 1. The zero-order valence-electron chi connectivity index (χ0n) is 22.4. The van der Waals surface area contributed by atoms with Gasteiger partial charge in [-0.3, -0.25) is 4.79 Å². The number of aliphatic hydroxyl groups is 1. The van der Waals surface area contributed by atoms with Crippen molar-refractivity contribution >= 4 is 11.6 Å². The highest BCUT2D eigenvalue weighted by Gasteiger charge is 2.30. The van der Waals surface area contributed by atoms with Crippen LogP contribution >= 0.6 is 0 Å². The molecule has 1 amide bonds. The minimum Gasteiger partial charge on any atom is -0.391 e. The van der Waals surface area contributed by atoms with Crippen LogP contribution in [-0.4, -0.2) is 71.9 Å². The van der Waals surface area contributed by atoms with Crippen molar-refractivity contribution in [1.29, 1.82) is 5.26 Å². The summed E-state index contributed by atoms with van der Waals surface area (Å²) in [6.07, 6.45) is 3.01. The average Bonchev–Trinajstić information content (AvgIpc) is 3.38. The molecule has 2 N–H and O–H groups in total. The van der Waals surface area contributed by atoms with E-state index < -0.39 is 23.5 Å². The Bertz CT molecular complexity index is 1170. The van der Waals surface area contributed by atoms with Crippen LogP contribution in [0, 0.1) is 23.1 Å². The van der Waals surface area contributed by atoms with Crippen molar-refractivity contribution in [2.24, 2.45) is 5.92 Å². The number of hydrogen-bond acceptors (Lipinski definition) is 5. The number of halogens is 2. The summed E-state index contributed by atoms with van der Waals surface area (Å²) in [4.78, 5) is 16.3. The number of alkyl halides is 1. The molecule has 1 unspecified atom stereocenters. The van der Waals surface area contributed by atoms with E-state index in [-0.39, 0.29) is 12.1 Å². The second kappa shape index (κ2) is 12.2. The molecule has 8 heteroatoms. The predicted molar refractivity (Wildman–Crippen MR) is 145 cm³/mol. The van der Waals surface area contributed by atoms with Gasteiger partial charge in [-0.2, -0.15) is 5.26 Å². The van der Waals surface area contributed by atoms with Crippen molar-refractivity contribution in [1.82, 2.24) is 9.80 Å². The lowest BCUT2D eigenvalue weighted by Gasteiger charge is -2.36. The second-order valence-corrected chi connectivity index (χ2v) is 10.7. The lowest BCUT2D eigenvalue weighted by atomic mass is 9.93. The van der Waals surface area contributed by atoms with Crippen LogP contribution in [0.2, 0.25) is 0 Å². The number of benzene rings is 2. The van der Waals surface area contributed by atoms with E-state index >= 15 is 0 Å². The van der Waals surface area contributed by atoms with Crippen LogP contribution in [-0.2, 0) is 0 Å². The fraction of sp³-hybridized carbons (Fsp3) is 0.533. The Morgan fingerprint density at radius 1 is 1.13 bits per heavy atom. The lowest BCUT2D eigenvalue weighted by Crippen LogP contribution is -2.44. The average molecular weight is 525 g/mol. The number of anilines is 1. The van der Waals surface area contributed by atoms with Gasteiger partial charge in [-0.1, -0.05) is 26.0 Å². The molecule has 0 spiro atoms. The first kappa shape index (κ1) is 28.0. The zero-order valence-corrected chi connectivity index (χ0v) is 22.4. The normalized spacial score (nSPS) is 18.9. The molecule has 0 radical (unpaired) electrons. The molecule has 2 aliphatic heterocycles.